The second-order valence-corrected chi connectivity index (χ2v) is 6.83. The van der Waals surface area contributed by atoms with Crippen molar-refractivity contribution in [2.24, 2.45) is 0 Å². The summed E-state index contributed by atoms with van der Waals surface area (Å²) < 4.78 is 3.45. The van der Waals surface area contributed by atoms with Gasteiger partial charge in [-0.2, -0.15) is 10.1 Å². The minimum Gasteiger partial charge on any atom is -0.331 e. The molecule has 0 fully saturated rings. The van der Waals surface area contributed by atoms with Crippen molar-refractivity contribution < 1.29 is 4.79 Å². The zero-order valence-electron chi connectivity index (χ0n) is 16.6. The third-order valence-corrected chi connectivity index (χ3v) is 4.97. The number of nitrogens with zero attached hydrogens (tertiary/aromatic N) is 7. The van der Waals surface area contributed by atoms with E-state index in [-0.39, 0.29) is 11.7 Å². The van der Waals surface area contributed by atoms with E-state index in [0.717, 1.165) is 24.2 Å². The first-order valence-corrected chi connectivity index (χ1v) is 9.67. The number of rotatable bonds is 7. The fourth-order valence-electron chi connectivity index (χ4n) is 3.29. The maximum atomic E-state index is 13.3. The lowest BCUT2D eigenvalue weighted by Crippen LogP contribution is -2.33. The number of amides is 1. The number of fused-ring (bicyclic) bond motifs is 1. The third kappa shape index (κ3) is 4.01. The average molecular weight is 389 g/mol. The highest BCUT2D eigenvalue weighted by molar-refractivity contribution is 5.90. The highest BCUT2D eigenvalue weighted by Crippen LogP contribution is 2.14. The van der Waals surface area contributed by atoms with Crippen molar-refractivity contribution >= 4 is 11.7 Å². The van der Waals surface area contributed by atoms with Gasteiger partial charge in [-0.25, -0.2) is 9.50 Å². The monoisotopic (exact) mass is 389 g/mol. The molecule has 4 aromatic rings. The zero-order valence-corrected chi connectivity index (χ0v) is 16.6. The maximum absolute atomic E-state index is 13.3. The molecule has 8 nitrogen and oxygen atoms in total. The second-order valence-electron chi connectivity index (χ2n) is 6.83. The number of benzene rings is 1. The lowest BCUT2D eigenvalue weighted by Gasteiger charge is -2.21. The van der Waals surface area contributed by atoms with Gasteiger partial charge in [0.2, 0.25) is 5.82 Å². The predicted octanol–water partition coefficient (Wildman–Crippen LogP) is 2.53. The van der Waals surface area contributed by atoms with Crippen LogP contribution in [-0.2, 0) is 19.5 Å². The Labute approximate surface area is 168 Å². The van der Waals surface area contributed by atoms with Crippen LogP contribution in [0.5, 0.6) is 0 Å². The van der Waals surface area contributed by atoms with Crippen LogP contribution in [0.2, 0.25) is 0 Å². The molecule has 0 aliphatic rings. The van der Waals surface area contributed by atoms with E-state index in [4.69, 9.17) is 0 Å². The van der Waals surface area contributed by atoms with Gasteiger partial charge in [0, 0.05) is 43.3 Å². The van der Waals surface area contributed by atoms with Gasteiger partial charge >= 0.3 is 0 Å². The van der Waals surface area contributed by atoms with E-state index in [0.29, 0.717) is 18.9 Å². The average Bonchev–Trinajstić information content (AvgIpc) is 3.34. The highest BCUT2D eigenvalue weighted by Gasteiger charge is 2.22. The van der Waals surface area contributed by atoms with Gasteiger partial charge in [-0.05, 0) is 31.9 Å². The summed E-state index contributed by atoms with van der Waals surface area (Å²) in [6, 6.07) is 11.9. The number of aromatic nitrogens is 6. The normalized spacial score (nSPS) is 11.1. The lowest BCUT2D eigenvalue weighted by molar-refractivity contribution is 0.0732. The Hall–Kier alpha value is -3.55. The quantitative estimate of drug-likeness (QED) is 0.485. The summed E-state index contributed by atoms with van der Waals surface area (Å²) in [6.07, 6.45) is 5.95. The molecule has 3 aromatic heterocycles. The van der Waals surface area contributed by atoms with E-state index in [2.05, 4.69) is 39.2 Å². The van der Waals surface area contributed by atoms with Crippen LogP contribution < -0.4 is 0 Å². The Morgan fingerprint density at radius 3 is 2.72 bits per heavy atom. The molecule has 8 heteroatoms. The molecule has 1 aromatic carbocycles. The smallest absolute Gasteiger partial charge is 0.293 e. The van der Waals surface area contributed by atoms with Crippen molar-refractivity contribution in [2.75, 3.05) is 6.54 Å². The Morgan fingerprint density at radius 2 is 2.00 bits per heavy atom. The van der Waals surface area contributed by atoms with Crippen molar-refractivity contribution in [1.82, 2.24) is 34.3 Å². The maximum Gasteiger partial charge on any atom is 0.293 e. The van der Waals surface area contributed by atoms with Gasteiger partial charge in [0.15, 0.2) is 0 Å². The first kappa shape index (κ1) is 18.8. The Balaban J connectivity index is 1.60. The Kier molecular flexibility index (Phi) is 5.33. The number of hydrogen-bond donors (Lipinski definition) is 0. The van der Waals surface area contributed by atoms with Crippen molar-refractivity contribution in [1.29, 1.82) is 0 Å². The second kappa shape index (κ2) is 8.22. The molecule has 1 amide bonds. The molecule has 3 heterocycles. The van der Waals surface area contributed by atoms with Gasteiger partial charge in [-0.15, -0.1) is 5.10 Å². The zero-order chi connectivity index (χ0) is 20.2. The summed E-state index contributed by atoms with van der Waals surface area (Å²) in [7, 11) is 0. The van der Waals surface area contributed by atoms with Crippen LogP contribution in [0.3, 0.4) is 0 Å². The van der Waals surface area contributed by atoms with Crippen LogP contribution in [0.25, 0.3) is 5.78 Å². The van der Waals surface area contributed by atoms with Crippen molar-refractivity contribution in [3.63, 3.8) is 0 Å². The van der Waals surface area contributed by atoms with E-state index in [1.807, 2.05) is 36.0 Å². The van der Waals surface area contributed by atoms with Crippen LogP contribution in [0.15, 0.2) is 55.0 Å². The summed E-state index contributed by atoms with van der Waals surface area (Å²) in [6.45, 7) is 5.89. The SMILES string of the molecule is CCn1ncc(CN(CCc2ccccc2)C(=O)c2nc3ncccn3n2)c1C. The number of hydrogen-bond acceptors (Lipinski definition) is 5. The molecule has 0 radical (unpaired) electrons. The topological polar surface area (TPSA) is 81.2 Å². The predicted molar refractivity (Wildman–Crippen MR) is 108 cm³/mol. The number of aryl methyl sites for hydroxylation is 1. The van der Waals surface area contributed by atoms with Gasteiger partial charge < -0.3 is 4.90 Å². The highest BCUT2D eigenvalue weighted by atomic mass is 16.2. The summed E-state index contributed by atoms with van der Waals surface area (Å²) in [5, 5.41) is 8.71. The number of carbonyl (C=O) groups is 1. The lowest BCUT2D eigenvalue weighted by atomic mass is 10.1. The summed E-state index contributed by atoms with van der Waals surface area (Å²) in [4.78, 5) is 23.5. The van der Waals surface area contributed by atoms with Crippen LogP contribution >= 0.6 is 0 Å². The van der Waals surface area contributed by atoms with Crippen LogP contribution in [0, 0.1) is 6.92 Å². The van der Waals surface area contributed by atoms with Crippen molar-refractivity contribution in [3.8, 4) is 0 Å². The molecule has 148 valence electrons. The largest absolute Gasteiger partial charge is 0.331 e. The fraction of sp³-hybridized carbons (Fsp3) is 0.286. The molecule has 0 aliphatic heterocycles. The summed E-state index contributed by atoms with van der Waals surface area (Å²) >= 11 is 0. The molecule has 0 atom stereocenters. The summed E-state index contributed by atoms with van der Waals surface area (Å²) in [5.74, 6) is 0.348. The minimum atomic E-state index is -0.213. The molecule has 4 rings (SSSR count). The standard InChI is InChI=1S/C21H23N7O/c1-3-27-16(2)18(14-23-27)15-26(13-10-17-8-5-4-6-9-17)20(29)19-24-21-22-11-7-12-28(21)25-19/h4-9,11-12,14H,3,10,13,15H2,1-2H3. The van der Waals surface area contributed by atoms with Crippen LogP contribution in [-0.4, -0.2) is 46.7 Å². The van der Waals surface area contributed by atoms with E-state index in [1.165, 1.54) is 10.1 Å². The first-order chi connectivity index (χ1) is 14.2. The first-order valence-electron chi connectivity index (χ1n) is 9.67. The van der Waals surface area contributed by atoms with E-state index in [9.17, 15) is 4.79 Å². The fourth-order valence-corrected chi connectivity index (χ4v) is 3.29. The molecular formula is C21H23N7O. The van der Waals surface area contributed by atoms with Gasteiger partial charge in [0.05, 0.1) is 6.20 Å². The molecule has 0 aliphatic carbocycles. The van der Waals surface area contributed by atoms with Crippen molar-refractivity contribution in [3.05, 3.63) is 77.6 Å². The molecule has 0 N–H and O–H groups in total. The molecule has 0 unspecified atom stereocenters. The van der Waals surface area contributed by atoms with Crippen LogP contribution in [0.1, 0.15) is 34.4 Å². The Bertz CT molecular complexity index is 1080. The van der Waals surface area contributed by atoms with Crippen LogP contribution in [0.4, 0.5) is 0 Å². The van der Waals surface area contributed by atoms with Gasteiger partial charge in [-0.3, -0.25) is 9.48 Å². The summed E-state index contributed by atoms with van der Waals surface area (Å²) in [5.41, 5.74) is 3.26. The number of carbonyl (C=O) groups excluding carboxylic acids is 1. The van der Waals surface area contributed by atoms with Gasteiger partial charge in [0.25, 0.3) is 11.7 Å². The van der Waals surface area contributed by atoms with Gasteiger partial charge in [-0.1, -0.05) is 30.3 Å². The molecule has 0 spiro atoms. The van der Waals surface area contributed by atoms with E-state index in [1.54, 1.807) is 23.4 Å². The Morgan fingerprint density at radius 1 is 1.17 bits per heavy atom. The van der Waals surface area contributed by atoms with Crippen molar-refractivity contribution in [2.45, 2.75) is 33.4 Å². The molecule has 29 heavy (non-hydrogen) atoms. The molecule has 0 bridgehead atoms. The van der Waals surface area contributed by atoms with E-state index >= 15 is 0 Å². The molecular weight excluding hydrogens is 366 g/mol. The minimum absolute atomic E-state index is 0.150. The van der Waals surface area contributed by atoms with Gasteiger partial charge in [0.1, 0.15) is 0 Å². The third-order valence-electron chi connectivity index (χ3n) is 4.97. The molecule has 0 saturated heterocycles. The van der Waals surface area contributed by atoms with E-state index < -0.39 is 0 Å². The molecule has 0 saturated carbocycles.